The first-order chi connectivity index (χ1) is 11.4. The van der Waals surface area contributed by atoms with Crippen LogP contribution in [-0.4, -0.2) is 35.2 Å². The third-order valence-electron chi connectivity index (χ3n) is 3.34. The van der Waals surface area contributed by atoms with Gasteiger partial charge in [-0.25, -0.2) is 12.4 Å². The van der Waals surface area contributed by atoms with Crippen LogP contribution in [0.2, 0.25) is 5.02 Å². The fourth-order valence-electron chi connectivity index (χ4n) is 1.73. The SMILES string of the molecule is CC(O)(C(=O)Nc1ccc(S(=O)(=O)n2cccc2)cc1Cl)C(F)(F)F. The van der Waals surface area contributed by atoms with E-state index in [9.17, 15) is 31.5 Å². The zero-order chi connectivity index (χ0) is 19.0. The highest BCUT2D eigenvalue weighted by Crippen LogP contribution is 2.32. The molecule has 0 aliphatic carbocycles. The molecule has 0 fully saturated rings. The first-order valence-electron chi connectivity index (χ1n) is 6.66. The van der Waals surface area contributed by atoms with Crippen molar-refractivity contribution in [3.8, 4) is 0 Å². The smallest absolute Gasteiger partial charge is 0.373 e. The largest absolute Gasteiger partial charge is 0.426 e. The summed E-state index contributed by atoms with van der Waals surface area (Å²) in [5, 5.41) is 10.8. The normalized spacial score (nSPS) is 14.8. The van der Waals surface area contributed by atoms with Crippen LogP contribution in [0.15, 0.2) is 47.6 Å². The minimum Gasteiger partial charge on any atom is -0.373 e. The average Bonchev–Trinajstić information content (AvgIpc) is 3.02. The van der Waals surface area contributed by atoms with Crippen molar-refractivity contribution >= 4 is 33.2 Å². The second kappa shape index (κ2) is 6.36. The molecule has 0 bridgehead atoms. The van der Waals surface area contributed by atoms with Crippen LogP contribution in [0, 0.1) is 0 Å². The zero-order valence-corrected chi connectivity index (χ0v) is 14.2. The molecule has 2 N–H and O–H groups in total. The molecular weight excluding hydrogens is 385 g/mol. The molecule has 1 unspecified atom stereocenters. The molecule has 0 spiro atoms. The first kappa shape index (κ1) is 19.3. The van der Waals surface area contributed by atoms with Crippen molar-refractivity contribution in [1.82, 2.24) is 3.97 Å². The Balaban J connectivity index is 2.31. The number of benzene rings is 1. The summed E-state index contributed by atoms with van der Waals surface area (Å²) in [5.41, 5.74) is -3.91. The predicted octanol–water partition coefficient (Wildman–Crippen LogP) is 2.63. The molecule has 0 aliphatic heterocycles. The van der Waals surface area contributed by atoms with Gasteiger partial charge in [-0.2, -0.15) is 13.2 Å². The Morgan fingerprint density at radius 2 is 1.80 bits per heavy atom. The Bertz CT molecular complexity index is 893. The maximum absolute atomic E-state index is 12.6. The van der Waals surface area contributed by atoms with Crippen molar-refractivity contribution in [2.45, 2.75) is 23.6 Å². The Morgan fingerprint density at radius 1 is 1.24 bits per heavy atom. The molecule has 1 aromatic heterocycles. The van der Waals surface area contributed by atoms with E-state index in [0.29, 0.717) is 6.92 Å². The molecule has 0 radical (unpaired) electrons. The molecule has 11 heteroatoms. The molecule has 1 heterocycles. The molecular formula is C14H12ClF3N2O4S. The van der Waals surface area contributed by atoms with Crippen molar-refractivity contribution in [1.29, 1.82) is 0 Å². The van der Waals surface area contributed by atoms with Crippen molar-refractivity contribution in [2.75, 3.05) is 5.32 Å². The van der Waals surface area contributed by atoms with Crippen molar-refractivity contribution in [3.05, 3.63) is 47.7 Å². The highest BCUT2D eigenvalue weighted by molar-refractivity contribution is 7.90. The van der Waals surface area contributed by atoms with Crippen molar-refractivity contribution in [3.63, 3.8) is 0 Å². The van der Waals surface area contributed by atoms with Crippen LogP contribution in [0.5, 0.6) is 0 Å². The van der Waals surface area contributed by atoms with Gasteiger partial charge in [-0.15, -0.1) is 0 Å². The highest BCUT2D eigenvalue weighted by Gasteiger charge is 2.55. The van der Waals surface area contributed by atoms with Crippen LogP contribution in [0.3, 0.4) is 0 Å². The standard InChI is InChI=1S/C14H12ClF3N2O4S/c1-13(22,14(16,17)18)12(21)19-11-5-4-9(8-10(11)15)25(23,24)20-6-2-3-7-20/h2-8,22H,1H3,(H,19,21). The van der Waals surface area contributed by atoms with Gasteiger partial charge in [-0.1, -0.05) is 11.6 Å². The van der Waals surface area contributed by atoms with Crippen LogP contribution >= 0.6 is 11.6 Å². The molecule has 2 aromatic rings. The highest BCUT2D eigenvalue weighted by atomic mass is 35.5. The van der Waals surface area contributed by atoms with Gasteiger partial charge in [0.2, 0.25) is 5.60 Å². The summed E-state index contributed by atoms with van der Waals surface area (Å²) in [6, 6.07) is 6.07. The summed E-state index contributed by atoms with van der Waals surface area (Å²) in [7, 11) is -3.92. The summed E-state index contributed by atoms with van der Waals surface area (Å²) < 4.78 is 63.4. The van der Waals surface area contributed by atoms with Crippen molar-refractivity contribution in [2.24, 2.45) is 0 Å². The van der Waals surface area contributed by atoms with Gasteiger partial charge in [0.15, 0.2) is 0 Å². The minimum absolute atomic E-state index is 0.228. The Hall–Kier alpha value is -2.04. The number of anilines is 1. The number of amides is 1. The van der Waals surface area contributed by atoms with Crippen molar-refractivity contribution < 1.29 is 31.5 Å². The number of aliphatic hydroxyl groups is 1. The fraction of sp³-hybridized carbons (Fsp3) is 0.214. The second-order valence-corrected chi connectivity index (χ2v) is 7.43. The van der Waals surface area contributed by atoms with E-state index < -0.39 is 27.7 Å². The number of nitrogens with one attached hydrogen (secondary N) is 1. The van der Waals surface area contributed by atoms with Crippen LogP contribution in [0.25, 0.3) is 0 Å². The van der Waals surface area contributed by atoms with Crippen LogP contribution < -0.4 is 5.32 Å². The topological polar surface area (TPSA) is 88.4 Å². The molecule has 2 rings (SSSR count). The lowest BCUT2D eigenvalue weighted by Crippen LogP contribution is -2.52. The number of hydrogen-bond donors (Lipinski definition) is 2. The maximum atomic E-state index is 12.6. The van der Waals surface area contributed by atoms with Gasteiger partial charge in [0, 0.05) is 12.4 Å². The van der Waals surface area contributed by atoms with E-state index in [0.717, 1.165) is 22.2 Å². The van der Waals surface area contributed by atoms with E-state index in [1.807, 2.05) is 5.32 Å². The summed E-state index contributed by atoms with van der Waals surface area (Å²) in [6.07, 6.45) is -2.61. The van der Waals surface area contributed by atoms with Gasteiger partial charge in [0.1, 0.15) is 0 Å². The summed E-state index contributed by atoms with van der Waals surface area (Å²) in [6.45, 7) is 0.293. The number of nitrogens with zero attached hydrogens (tertiary/aromatic N) is 1. The Labute approximate surface area is 145 Å². The van der Waals surface area contributed by atoms with E-state index in [4.69, 9.17) is 11.6 Å². The van der Waals surface area contributed by atoms with E-state index in [1.165, 1.54) is 24.5 Å². The predicted molar refractivity (Wildman–Crippen MR) is 83.8 cm³/mol. The summed E-state index contributed by atoms with van der Waals surface area (Å²) in [5.74, 6) is -1.75. The number of carbonyl (C=O) groups excluding carboxylic acids is 1. The molecule has 25 heavy (non-hydrogen) atoms. The number of alkyl halides is 3. The van der Waals surface area contributed by atoms with E-state index in [1.54, 1.807) is 0 Å². The summed E-state index contributed by atoms with van der Waals surface area (Å²) >= 11 is 5.85. The molecule has 0 saturated carbocycles. The number of halogens is 4. The molecule has 1 amide bonds. The zero-order valence-electron chi connectivity index (χ0n) is 12.6. The number of rotatable bonds is 4. The van der Waals surface area contributed by atoms with E-state index in [-0.39, 0.29) is 15.6 Å². The third kappa shape index (κ3) is 3.65. The van der Waals surface area contributed by atoms with Gasteiger partial charge in [0.25, 0.3) is 15.9 Å². The van der Waals surface area contributed by atoms with Gasteiger partial charge in [-0.05, 0) is 37.3 Å². The van der Waals surface area contributed by atoms with E-state index in [2.05, 4.69) is 0 Å². The Kier molecular flexibility index (Phi) is 4.90. The third-order valence-corrected chi connectivity index (χ3v) is 5.30. The quantitative estimate of drug-likeness (QED) is 0.831. The lowest BCUT2D eigenvalue weighted by molar-refractivity contribution is -0.242. The average molecular weight is 397 g/mol. The molecule has 1 aromatic carbocycles. The van der Waals surface area contributed by atoms with Gasteiger partial charge >= 0.3 is 6.18 Å². The number of aromatic nitrogens is 1. The van der Waals surface area contributed by atoms with Gasteiger partial charge in [-0.3, -0.25) is 4.79 Å². The van der Waals surface area contributed by atoms with Crippen LogP contribution in [0.1, 0.15) is 6.92 Å². The number of hydrogen-bond acceptors (Lipinski definition) is 4. The minimum atomic E-state index is -5.19. The van der Waals surface area contributed by atoms with E-state index >= 15 is 0 Å². The van der Waals surface area contributed by atoms with Crippen LogP contribution in [-0.2, 0) is 14.8 Å². The maximum Gasteiger partial charge on any atom is 0.426 e. The van der Waals surface area contributed by atoms with Crippen LogP contribution in [0.4, 0.5) is 18.9 Å². The lowest BCUT2D eigenvalue weighted by atomic mass is 10.1. The monoisotopic (exact) mass is 396 g/mol. The molecule has 0 aliphatic rings. The fourth-order valence-corrected chi connectivity index (χ4v) is 3.23. The number of carbonyl (C=O) groups is 1. The Morgan fingerprint density at radius 3 is 2.28 bits per heavy atom. The molecule has 0 saturated heterocycles. The lowest BCUT2D eigenvalue weighted by Gasteiger charge is -2.25. The molecule has 6 nitrogen and oxygen atoms in total. The summed E-state index contributed by atoms with van der Waals surface area (Å²) in [4.78, 5) is 11.4. The first-order valence-corrected chi connectivity index (χ1v) is 8.48. The second-order valence-electron chi connectivity index (χ2n) is 5.18. The van der Waals surface area contributed by atoms with Gasteiger partial charge in [0.05, 0.1) is 15.6 Å². The molecule has 136 valence electrons. The molecule has 1 atom stereocenters. The van der Waals surface area contributed by atoms with Gasteiger partial charge < -0.3 is 10.4 Å².